The molecule has 3 nitrogen and oxygen atoms in total. The van der Waals surface area contributed by atoms with Crippen molar-refractivity contribution in [1.82, 2.24) is 0 Å². The Kier molecular flexibility index (Phi) is 3.79. The van der Waals surface area contributed by atoms with E-state index in [2.05, 4.69) is 0 Å². The summed E-state index contributed by atoms with van der Waals surface area (Å²) in [5.41, 5.74) is -0.506. The van der Waals surface area contributed by atoms with Gasteiger partial charge in [-0.1, -0.05) is 13.8 Å². The fraction of sp³-hybridized carbons (Fsp3) is 0.400. The molecule has 0 saturated heterocycles. The first-order valence-corrected chi connectivity index (χ1v) is 6.52. The molecular weight excluding hydrogens is 266 g/mol. The van der Waals surface area contributed by atoms with Gasteiger partial charge >= 0.3 is 5.97 Å². The molecule has 0 spiro atoms. The molecule has 0 radical (unpaired) electrons. The molecule has 1 N–H and O–H groups in total. The van der Waals surface area contributed by atoms with Crippen molar-refractivity contribution in [2.45, 2.75) is 32.3 Å². The van der Waals surface area contributed by atoms with Gasteiger partial charge in [-0.25, -0.2) is 13.6 Å². The Morgan fingerprint density at radius 3 is 2.35 bits per heavy atom. The van der Waals surface area contributed by atoms with Gasteiger partial charge < -0.3 is 9.84 Å². The summed E-state index contributed by atoms with van der Waals surface area (Å²) in [4.78, 5) is 11.5. The molecule has 0 aromatic heterocycles. The highest BCUT2D eigenvalue weighted by Crippen LogP contribution is 2.45. The van der Waals surface area contributed by atoms with Gasteiger partial charge in [-0.15, -0.1) is 0 Å². The average Bonchev–Trinajstić information content (AvgIpc) is 2.77. The minimum Gasteiger partial charge on any atom is -0.482 e. The Hall–Kier alpha value is -1.91. The second kappa shape index (κ2) is 5.23. The number of halogens is 2. The lowest BCUT2D eigenvalue weighted by Crippen LogP contribution is -2.44. The van der Waals surface area contributed by atoms with Crippen molar-refractivity contribution in [2.24, 2.45) is 5.92 Å². The predicted octanol–water partition coefficient (Wildman–Crippen LogP) is 3.60. The second-order valence-electron chi connectivity index (χ2n) is 4.86. The molecule has 1 aromatic carbocycles. The molecule has 0 saturated carbocycles. The molecule has 1 aliphatic rings. The van der Waals surface area contributed by atoms with Crippen LogP contribution in [-0.4, -0.2) is 16.7 Å². The lowest BCUT2D eigenvalue weighted by atomic mass is 9.78. The molecule has 0 fully saturated rings. The van der Waals surface area contributed by atoms with Gasteiger partial charge in [-0.2, -0.15) is 0 Å². The number of hydrogen-bond donors (Lipinski definition) is 1. The topological polar surface area (TPSA) is 46.5 Å². The van der Waals surface area contributed by atoms with E-state index in [1.165, 1.54) is 18.4 Å². The van der Waals surface area contributed by atoms with Gasteiger partial charge in [0.2, 0.25) is 5.60 Å². The van der Waals surface area contributed by atoms with E-state index in [0.717, 1.165) is 6.07 Å². The third kappa shape index (κ3) is 2.17. The highest BCUT2D eigenvalue weighted by atomic mass is 19.1. The van der Waals surface area contributed by atoms with Gasteiger partial charge in [-0.3, -0.25) is 0 Å². The molecule has 0 aliphatic carbocycles. The fourth-order valence-electron chi connectivity index (χ4n) is 2.80. The normalized spacial score (nSPS) is 25.2. The number of carboxylic acid groups (broad SMARTS) is 1. The Bertz CT molecular complexity index is 548. The molecule has 1 aromatic rings. The number of benzene rings is 1. The van der Waals surface area contributed by atoms with Crippen LogP contribution >= 0.6 is 0 Å². The number of ether oxygens (including phenoxy) is 1. The first kappa shape index (κ1) is 14.5. The molecule has 0 bridgehead atoms. The van der Waals surface area contributed by atoms with E-state index in [9.17, 15) is 18.7 Å². The third-order valence-corrected chi connectivity index (χ3v) is 3.83. The van der Waals surface area contributed by atoms with Gasteiger partial charge in [0.05, 0.1) is 6.26 Å². The van der Waals surface area contributed by atoms with E-state index < -0.39 is 29.1 Å². The summed E-state index contributed by atoms with van der Waals surface area (Å²) in [6.07, 6.45) is 2.10. The zero-order chi connectivity index (χ0) is 14.9. The molecule has 2 atom stereocenters. The van der Waals surface area contributed by atoms with E-state index >= 15 is 0 Å². The van der Waals surface area contributed by atoms with Crippen molar-refractivity contribution in [2.75, 3.05) is 0 Å². The largest absolute Gasteiger partial charge is 0.482 e. The molecule has 2 rings (SSSR count). The third-order valence-electron chi connectivity index (χ3n) is 3.83. The van der Waals surface area contributed by atoms with Gasteiger partial charge in [0.1, 0.15) is 11.6 Å². The van der Waals surface area contributed by atoms with E-state index in [1.807, 2.05) is 6.92 Å². The van der Waals surface area contributed by atoms with Crippen LogP contribution in [-0.2, 0) is 9.53 Å². The maximum Gasteiger partial charge on any atom is 0.348 e. The molecule has 20 heavy (non-hydrogen) atoms. The zero-order valence-corrected chi connectivity index (χ0v) is 11.3. The monoisotopic (exact) mass is 282 g/mol. The van der Waals surface area contributed by atoms with Crippen molar-refractivity contribution in [3.05, 3.63) is 41.7 Å². The van der Waals surface area contributed by atoms with Gasteiger partial charge in [0.15, 0.2) is 0 Å². The van der Waals surface area contributed by atoms with Crippen molar-refractivity contribution >= 4 is 11.5 Å². The van der Waals surface area contributed by atoms with Crippen LogP contribution < -0.4 is 0 Å². The number of rotatable bonds is 4. The Balaban J connectivity index is 2.46. The number of hydrogen-bond acceptors (Lipinski definition) is 2. The van der Waals surface area contributed by atoms with Crippen LogP contribution in [0, 0.1) is 17.6 Å². The maximum atomic E-state index is 13.3. The number of aliphatic carboxylic acids is 1. The van der Waals surface area contributed by atoms with Gasteiger partial charge in [0, 0.05) is 17.6 Å². The molecule has 1 heterocycles. The van der Waals surface area contributed by atoms with E-state index in [1.54, 1.807) is 6.92 Å². The summed E-state index contributed by atoms with van der Waals surface area (Å²) in [6, 6.07) is 3.16. The van der Waals surface area contributed by atoms with E-state index in [-0.39, 0.29) is 6.42 Å². The SMILES string of the molecule is CCC1C(c2cc(F)cc(F)c2)=COC1(CC)C(=O)O. The van der Waals surface area contributed by atoms with Crippen LogP contribution in [0.25, 0.3) is 5.57 Å². The second-order valence-corrected chi connectivity index (χ2v) is 4.86. The van der Waals surface area contributed by atoms with Crippen molar-refractivity contribution in [3.8, 4) is 0 Å². The summed E-state index contributed by atoms with van der Waals surface area (Å²) < 4.78 is 32.0. The maximum absolute atomic E-state index is 13.3. The summed E-state index contributed by atoms with van der Waals surface area (Å²) >= 11 is 0. The standard InChI is InChI=1S/C15H16F2O3/c1-3-13-12(8-20-15(13,4-2)14(18)19)9-5-10(16)7-11(17)6-9/h5-8,13H,3-4H2,1-2H3,(H,18,19). The summed E-state index contributed by atoms with van der Waals surface area (Å²) in [6.45, 7) is 3.55. The van der Waals surface area contributed by atoms with Crippen molar-refractivity contribution < 1.29 is 23.4 Å². The Morgan fingerprint density at radius 1 is 1.30 bits per heavy atom. The fourth-order valence-corrected chi connectivity index (χ4v) is 2.80. The molecule has 5 heteroatoms. The Labute approximate surface area is 115 Å². The quantitative estimate of drug-likeness (QED) is 0.917. The summed E-state index contributed by atoms with van der Waals surface area (Å²) in [7, 11) is 0. The highest BCUT2D eigenvalue weighted by molar-refractivity contribution is 5.85. The summed E-state index contributed by atoms with van der Waals surface area (Å²) in [5.74, 6) is -2.89. The number of carbonyl (C=O) groups is 1. The molecule has 108 valence electrons. The van der Waals surface area contributed by atoms with Crippen molar-refractivity contribution in [3.63, 3.8) is 0 Å². The van der Waals surface area contributed by atoms with Gasteiger partial charge in [0.25, 0.3) is 0 Å². The van der Waals surface area contributed by atoms with Crippen LogP contribution in [0.5, 0.6) is 0 Å². The lowest BCUT2D eigenvalue weighted by Gasteiger charge is -2.30. The first-order chi connectivity index (χ1) is 9.44. The van der Waals surface area contributed by atoms with Crippen LogP contribution in [0.4, 0.5) is 8.78 Å². The van der Waals surface area contributed by atoms with Crippen LogP contribution in [0.2, 0.25) is 0 Å². The van der Waals surface area contributed by atoms with E-state index in [4.69, 9.17) is 4.74 Å². The zero-order valence-electron chi connectivity index (χ0n) is 11.3. The van der Waals surface area contributed by atoms with Gasteiger partial charge in [-0.05, 0) is 30.5 Å². The van der Waals surface area contributed by atoms with Crippen molar-refractivity contribution in [1.29, 1.82) is 0 Å². The summed E-state index contributed by atoms with van der Waals surface area (Å²) in [5, 5.41) is 9.43. The minimum absolute atomic E-state index is 0.276. The number of carboxylic acids is 1. The molecule has 1 aliphatic heterocycles. The first-order valence-electron chi connectivity index (χ1n) is 6.52. The van der Waals surface area contributed by atoms with Crippen LogP contribution in [0.3, 0.4) is 0 Å². The Morgan fingerprint density at radius 2 is 1.90 bits per heavy atom. The highest BCUT2D eigenvalue weighted by Gasteiger charge is 2.51. The average molecular weight is 282 g/mol. The predicted molar refractivity (Wildman–Crippen MR) is 69.9 cm³/mol. The smallest absolute Gasteiger partial charge is 0.348 e. The molecule has 2 unspecified atom stereocenters. The minimum atomic E-state index is -1.35. The van der Waals surface area contributed by atoms with Crippen LogP contribution in [0.15, 0.2) is 24.5 Å². The van der Waals surface area contributed by atoms with E-state index in [0.29, 0.717) is 17.6 Å². The molecular formula is C15H16F2O3. The lowest BCUT2D eigenvalue weighted by molar-refractivity contribution is -0.161. The van der Waals surface area contributed by atoms with Crippen LogP contribution in [0.1, 0.15) is 32.3 Å². The molecule has 0 amide bonds.